The monoisotopic (exact) mass is 586 g/mol. The maximum absolute atomic E-state index is 13.2. The number of nitrogens with one attached hydrogen (secondary N) is 2. The lowest BCUT2D eigenvalue weighted by Crippen LogP contribution is -2.29. The molecule has 0 aromatic heterocycles. The van der Waals surface area contributed by atoms with Crippen molar-refractivity contribution in [1.29, 1.82) is 0 Å². The Morgan fingerprint density at radius 3 is 2.28 bits per heavy atom. The molecule has 0 fully saturated rings. The third-order valence-corrected chi connectivity index (χ3v) is 7.03. The summed E-state index contributed by atoms with van der Waals surface area (Å²) in [6.45, 7) is 1.74. The van der Waals surface area contributed by atoms with Crippen molar-refractivity contribution in [3.8, 4) is 23.0 Å². The second-order valence-corrected chi connectivity index (χ2v) is 11.2. The van der Waals surface area contributed by atoms with Crippen molar-refractivity contribution < 1.29 is 22.6 Å². The first kappa shape index (κ1) is 30.2. The van der Waals surface area contributed by atoms with Crippen LogP contribution in [0.1, 0.15) is 35.7 Å². The lowest BCUT2D eigenvalue weighted by Gasteiger charge is -2.16. The number of halogens is 2. The zero-order chi connectivity index (χ0) is 28.4. The lowest BCUT2D eigenvalue weighted by atomic mass is 9.94. The van der Waals surface area contributed by atoms with Gasteiger partial charge in [0.1, 0.15) is 0 Å². The van der Waals surface area contributed by atoms with Crippen LogP contribution in [0.3, 0.4) is 0 Å². The fourth-order valence-electron chi connectivity index (χ4n) is 3.75. The Hall–Kier alpha value is -3.35. The summed E-state index contributed by atoms with van der Waals surface area (Å²) in [6.07, 6.45) is 1.47. The molecule has 1 atom stereocenters. The van der Waals surface area contributed by atoms with Gasteiger partial charge >= 0.3 is 0 Å². The Bertz CT molecular complexity index is 1480. The molecule has 0 heterocycles. The molecule has 204 valence electrons. The van der Waals surface area contributed by atoms with Crippen LogP contribution >= 0.6 is 23.2 Å². The van der Waals surface area contributed by atoms with E-state index in [9.17, 15) is 18.0 Å². The number of benzene rings is 3. The van der Waals surface area contributed by atoms with Crippen LogP contribution in [0.15, 0.2) is 66.7 Å². The molecule has 10 heteroatoms. The topological polar surface area (TPSA) is 113 Å². The number of rotatable bonds is 10. The van der Waals surface area contributed by atoms with E-state index in [2.05, 4.69) is 22.5 Å². The van der Waals surface area contributed by atoms with Gasteiger partial charge in [-0.25, -0.2) is 0 Å². The van der Waals surface area contributed by atoms with E-state index in [-0.39, 0.29) is 12.5 Å². The Morgan fingerprint density at radius 2 is 1.67 bits per heavy atom. The van der Waals surface area contributed by atoms with Crippen molar-refractivity contribution in [2.24, 2.45) is 5.92 Å². The molecule has 0 radical (unpaired) electrons. The quantitative estimate of drug-likeness (QED) is 0.203. The Balaban J connectivity index is 1.67. The van der Waals surface area contributed by atoms with Gasteiger partial charge in [0.05, 0.1) is 11.7 Å². The highest BCUT2D eigenvalue weighted by molar-refractivity contribution is 7.85. The minimum atomic E-state index is -4.15. The predicted octanol–water partition coefficient (Wildman–Crippen LogP) is 5.88. The van der Waals surface area contributed by atoms with Crippen LogP contribution < -0.4 is 10.6 Å². The Morgan fingerprint density at radius 1 is 0.974 bits per heavy atom. The minimum absolute atomic E-state index is 0.176. The van der Waals surface area contributed by atoms with Crippen molar-refractivity contribution in [2.75, 3.05) is 17.6 Å². The summed E-state index contributed by atoms with van der Waals surface area (Å²) in [7, 11) is -4.15. The number of carbonyl (C=O) groups excluding carboxylic acids is 2. The average Bonchev–Trinajstić information content (AvgIpc) is 2.88. The molecule has 0 spiro atoms. The molecule has 3 aromatic carbocycles. The fraction of sp³-hybridized carbons (Fsp3) is 0.241. The fourth-order valence-corrected chi connectivity index (χ4v) is 4.63. The molecule has 0 saturated carbocycles. The van der Waals surface area contributed by atoms with Crippen LogP contribution in [0.4, 0.5) is 5.69 Å². The third kappa shape index (κ3) is 9.72. The molecule has 0 aliphatic heterocycles. The predicted molar refractivity (Wildman–Crippen MR) is 156 cm³/mol. The first-order valence-electron chi connectivity index (χ1n) is 12.2. The van der Waals surface area contributed by atoms with E-state index >= 15 is 0 Å². The smallest absolute Gasteiger partial charge is 0.266 e. The molecule has 3 N–H and O–H groups in total. The number of hydrogen-bond donors (Lipinski definition) is 3. The largest absolute Gasteiger partial charge is 0.351 e. The van der Waals surface area contributed by atoms with E-state index in [0.717, 1.165) is 16.7 Å². The Labute approximate surface area is 238 Å². The SMILES string of the molecule is CCC#CCC(Cc1ccc(C(=O)NCCS(=O)(=O)O)cc1)C(=O)Nc1ccc(-c2ccc(Cl)cc2Cl)cc1. The van der Waals surface area contributed by atoms with Crippen molar-refractivity contribution in [3.63, 3.8) is 0 Å². The second kappa shape index (κ2) is 14.2. The van der Waals surface area contributed by atoms with Crippen LogP contribution in [-0.2, 0) is 21.3 Å². The molecule has 0 bridgehead atoms. The van der Waals surface area contributed by atoms with Crippen LogP contribution in [-0.4, -0.2) is 37.1 Å². The highest BCUT2D eigenvalue weighted by atomic mass is 35.5. The summed E-state index contributed by atoms with van der Waals surface area (Å²) in [5.41, 5.74) is 3.54. The Kier molecular flexibility index (Phi) is 11.0. The van der Waals surface area contributed by atoms with E-state index in [1.165, 1.54) is 0 Å². The number of anilines is 1. The highest BCUT2D eigenvalue weighted by Crippen LogP contribution is 2.31. The zero-order valence-corrected chi connectivity index (χ0v) is 23.5. The molecule has 39 heavy (non-hydrogen) atoms. The van der Waals surface area contributed by atoms with E-state index in [4.69, 9.17) is 27.8 Å². The summed E-state index contributed by atoms with van der Waals surface area (Å²) in [5.74, 6) is 4.44. The standard InChI is InChI=1S/C29H28Cl2N2O5S/c1-2-3-4-5-23(18-20-6-8-22(9-7-20)28(34)32-16-17-39(36,37)38)29(35)33-25-13-10-21(11-14-25)26-15-12-24(30)19-27(26)31/h6-15,19,23H,2,5,16-18H2,1H3,(H,32,34)(H,33,35)(H,36,37,38). The third-order valence-electron chi connectivity index (χ3n) is 5.76. The van der Waals surface area contributed by atoms with Crippen LogP contribution in [0, 0.1) is 17.8 Å². The molecule has 7 nitrogen and oxygen atoms in total. The van der Waals surface area contributed by atoms with Gasteiger partial charge in [0.2, 0.25) is 5.91 Å². The van der Waals surface area contributed by atoms with Gasteiger partial charge in [-0.05, 0) is 53.9 Å². The van der Waals surface area contributed by atoms with Crippen molar-refractivity contribution in [3.05, 3.63) is 87.9 Å². The summed E-state index contributed by atoms with van der Waals surface area (Å²) in [5, 5.41) is 6.50. The molecular weight excluding hydrogens is 559 g/mol. The van der Waals surface area contributed by atoms with Crippen LogP contribution in [0.5, 0.6) is 0 Å². The van der Waals surface area contributed by atoms with Crippen molar-refractivity contribution in [2.45, 2.75) is 26.2 Å². The van der Waals surface area contributed by atoms with Crippen molar-refractivity contribution in [1.82, 2.24) is 5.32 Å². The van der Waals surface area contributed by atoms with Gasteiger partial charge < -0.3 is 10.6 Å². The van der Waals surface area contributed by atoms with E-state index < -0.39 is 27.7 Å². The number of amides is 2. The van der Waals surface area contributed by atoms with Gasteiger partial charge in [-0.1, -0.05) is 60.5 Å². The van der Waals surface area contributed by atoms with Crippen molar-refractivity contribution >= 4 is 50.8 Å². The maximum Gasteiger partial charge on any atom is 0.266 e. The first-order valence-corrected chi connectivity index (χ1v) is 14.6. The molecule has 0 saturated heterocycles. The van der Waals surface area contributed by atoms with Gasteiger partial charge in [-0.15, -0.1) is 11.8 Å². The summed E-state index contributed by atoms with van der Waals surface area (Å²) in [4.78, 5) is 25.4. The number of hydrogen-bond acceptors (Lipinski definition) is 4. The summed E-state index contributed by atoms with van der Waals surface area (Å²) >= 11 is 12.3. The molecular formula is C29H28Cl2N2O5S. The second-order valence-electron chi connectivity index (χ2n) is 8.74. The molecule has 3 rings (SSSR count). The first-order chi connectivity index (χ1) is 18.6. The van der Waals surface area contributed by atoms with Gasteiger partial charge in [0.25, 0.3) is 16.0 Å². The van der Waals surface area contributed by atoms with E-state index in [0.29, 0.717) is 40.6 Å². The molecule has 0 aliphatic carbocycles. The minimum Gasteiger partial charge on any atom is -0.351 e. The number of carbonyl (C=O) groups is 2. The van der Waals surface area contributed by atoms with Gasteiger partial charge in [-0.3, -0.25) is 14.1 Å². The normalized spacial score (nSPS) is 11.7. The zero-order valence-electron chi connectivity index (χ0n) is 21.2. The average molecular weight is 588 g/mol. The van der Waals surface area contributed by atoms with Gasteiger partial charge in [0, 0.05) is 46.2 Å². The van der Waals surface area contributed by atoms with Crippen LogP contribution in [0.2, 0.25) is 10.0 Å². The molecule has 2 amide bonds. The molecule has 0 aliphatic rings. The summed E-state index contributed by atoms with van der Waals surface area (Å²) < 4.78 is 30.4. The lowest BCUT2D eigenvalue weighted by molar-refractivity contribution is -0.119. The molecule has 1 unspecified atom stereocenters. The van der Waals surface area contributed by atoms with E-state index in [1.807, 2.05) is 37.3 Å². The van der Waals surface area contributed by atoms with Crippen LogP contribution in [0.25, 0.3) is 11.1 Å². The van der Waals surface area contributed by atoms with Gasteiger partial charge in [0.15, 0.2) is 0 Å². The maximum atomic E-state index is 13.2. The molecule has 3 aromatic rings. The highest BCUT2D eigenvalue weighted by Gasteiger charge is 2.19. The van der Waals surface area contributed by atoms with E-state index in [1.54, 1.807) is 36.4 Å². The summed E-state index contributed by atoms with van der Waals surface area (Å²) in [6, 6.07) is 19.3. The van der Waals surface area contributed by atoms with Gasteiger partial charge in [-0.2, -0.15) is 8.42 Å².